The predicted octanol–water partition coefficient (Wildman–Crippen LogP) is 5.99. The lowest BCUT2D eigenvalue weighted by Gasteiger charge is -2.26. The van der Waals surface area contributed by atoms with Crippen molar-refractivity contribution in [2.45, 2.75) is 32.6 Å². The molecule has 0 heterocycles. The monoisotopic (exact) mass is 349 g/mol. The van der Waals surface area contributed by atoms with Gasteiger partial charge in [0.2, 0.25) is 0 Å². The van der Waals surface area contributed by atoms with Crippen LogP contribution in [-0.4, -0.2) is 6.54 Å². The lowest BCUT2D eigenvalue weighted by Crippen LogP contribution is -2.20. The van der Waals surface area contributed by atoms with Crippen LogP contribution in [0.4, 0.5) is 5.69 Å². The Morgan fingerprint density at radius 1 is 1.17 bits per heavy atom. The molecule has 0 amide bonds. The van der Waals surface area contributed by atoms with Gasteiger partial charge in [0, 0.05) is 11.0 Å². The molecular weight excluding hydrogens is 333 g/mol. The van der Waals surface area contributed by atoms with Crippen LogP contribution in [0.25, 0.3) is 0 Å². The van der Waals surface area contributed by atoms with Gasteiger partial charge in [-0.1, -0.05) is 58.9 Å². The minimum absolute atomic E-state index is 0.679. The second kappa shape index (κ2) is 6.49. The Hall–Kier alpha value is 0.0800. The SMILES string of the molecule is CC1CCC(CNc2c(Cl)cc(Br)cc2Cl)CC1. The first-order valence-corrected chi connectivity index (χ1v) is 7.99. The van der Waals surface area contributed by atoms with Crippen LogP contribution in [-0.2, 0) is 0 Å². The summed E-state index contributed by atoms with van der Waals surface area (Å²) in [5.74, 6) is 1.64. The number of hydrogen-bond acceptors (Lipinski definition) is 1. The van der Waals surface area contributed by atoms with E-state index in [-0.39, 0.29) is 0 Å². The number of nitrogens with one attached hydrogen (secondary N) is 1. The second-order valence-corrected chi connectivity index (χ2v) is 6.98. The van der Waals surface area contributed by atoms with E-state index in [0.29, 0.717) is 10.0 Å². The smallest absolute Gasteiger partial charge is 0.0719 e. The van der Waals surface area contributed by atoms with Crippen LogP contribution in [0.1, 0.15) is 32.6 Å². The Morgan fingerprint density at radius 3 is 2.28 bits per heavy atom. The highest BCUT2D eigenvalue weighted by atomic mass is 79.9. The fourth-order valence-electron chi connectivity index (χ4n) is 2.49. The van der Waals surface area contributed by atoms with Crippen molar-refractivity contribution in [2.24, 2.45) is 11.8 Å². The van der Waals surface area contributed by atoms with E-state index in [4.69, 9.17) is 23.2 Å². The van der Waals surface area contributed by atoms with Gasteiger partial charge in [0.1, 0.15) is 0 Å². The Bertz CT molecular complexity index is 391. The first-order valence-electron chi connectivity index (χ1n) is 6.44. The summed E-state index contributed by atoms with van der Waals surface area (Å²) in [6, 6.07) is 3.75. The molecule has 1 nitrogen and oxygen atoms in total. The third kappa shape index (κ3) is 3.79. The molecule has 4 heteroatoms. The van der Waals surface area contributed by atoms with E-state index in [1.165, 1.54) is 25.7 Å². The average molecular weight is 351 g/mol. The zero-order valence-corrected chi connectivity index (χ0v) is 13.6. The first-order chi connectivity index (χ1) is 8.56. The summed E-state index contributed by atoms with van der Waals surface area (Å²) in [4.78, 5) is 0. The average Bonchev–Trinajstić information content (AvgIpc) is 2.30. The van der Waals surface area contributed by atoms with E-state index in [1.807, 2.05) is 12.1 Å². The Morgan fingerprint density at radius 2 is 1.72 bits per heavy atom. The summed E-state index contributed by atoms with van der Waals surface area (Å²) in [6.07, 6.45) is 5.29. The van der Waals surface area contributed by atoms with Crippen molar-refractivity contribution in [3.8, 4) is 0 Å². The maximum absolute atomic E-state index is 6.20. The van der Waals surface area contributed by atoms with E-state index < -0.39 is 0 Å². The Labute approximate surface area is 127 Å². The Balaban J connectivity index is 1.94. The minimum Gasteiger partial charge on any atom is -0.382 e. The van der Waals surface area contributed by atoms with Gasteiger partial charge in [0.05, 0.1) is 15.7 Å². The Kier molecular flexibility index (Phi) is 5.23. The van der Waals surface area contributed by atoms with Crippen molar-refractivity contribution < 1.29 is 0 Å². The van der Waals surface area contributed by atoms with Gasteiger partial charge in [0.25, 0.3) is 0 Å². The zero-order valence-electron chi connectivity index (χ0n) is 10.5. The predicted molar refractivity (Wildman–Crippen MR) is 83.8 cm³/mol. The third-order valence-corrected chi connectivity index (χ3v) is 4.76. The molecule has 1 aliphatic carbocycles. The molecule has 1 aliphatic rings. The standard InChI is InChI=1S/C14H18BrCl2N/c1-9-2-4-10(5-3-9)8-18-14-12(16)6-11(15)7-13(14)17/h6-7,9-10,18H,2-5,8H2,1H3. The van der Waals surface area contributed by atoms with Crippen LogP contribution in [0.15, 0.2) is 16.6 Å². The van der Waals surface area contributed by atoms with Crippen LogP contribution in [0.2, 0.25) is 10.0 Å². The molecule has 0 spiro atoms. The second-order valence-electron chi connectivity index (χ2n) is 5.25. The topological polar surface area (TPSA) is 12.0 Å². The van der Waals surface area contributed by atoms with Gasteiger partial charge in [-0.3, -0.25) is 0 Å². The minimum atomic E-state index is 0.679. The number of rotatable bonds is 3. The lowest BCUT2D eigenvalue weighted by atomic mass is 9.83. The van der Waals surface area contributed by atoms with Gasteiger partial charge in [-0.25, -0.2) is 0 Å². The van der Waals surface area contributed by atoms with E-state index in [0.717, 1.165) is 28.5 Å². The molecule has 1 saturated carbocycles. The van der Waals surface area contributed by atoms with Gasteiger partial charge in [-0.05, 0) is 36.8 Å². The molecule has 0 radical (unpaired) electrons. The van der Waals surface area contributed by atoms with Crippen molar-refractivity contribution in [3.05, 3.63) is 26.7 Å². The number of hydrogen-bond donors (Lipinski definition) is 1. The molecule has 2 rings (SSSR count). The van der Waals surface area contributed by atoms with Gasteiger partial charge in [-0.15, -0.1) is 0 Å². The van der Waals surface area contributed by atoms with Crippen LogP contribution >= 0.6 is 39.1 Å². The fraction of sp³-hybridized carbons (Fsp3) is 0.571. The van der Waals surface area contributed by atoms with Crippen LogP contribution in [0.3, 0.4) is 0 Å². The molecule has 1 fully saturated rings. The quantitative estimate of drug-likeness (QED) is 0.705. The summed E-state index contributed by atoms with van der Waals surface area (Å²) < 4.78 is 0.912. The number of benzene rings is 1. The highest BCUT2D eigenvalue weighted by Crippen LogP contribution is 2.35. The number of anilines is 1. The zero-order chi connectivity index (χ0) is 13.1. The maximum atomic E-state index is 6.20. The van der Waals surface area contributed by atoms with Crippen LogP contribution < -0.4 is 5.32 Å². The van der Waals surface area contributed by atoms with Crippen molar-refractivity contribution in [1.82, 2.24) is 0 Å². The summed E-state index contributed by atoms with van der Waals surface area (Å²) in [7, 11) is 0. The van der Waals surface area contributed by atoms with Crippen molar-refractivity contribution >= 4 is 44.8 Å². The molecule has 0 bridgehead atoms. The molecule has 0 saturated heterocycles. The summed E-state index contributed by atoms with van der Waals surface area (Å²) in [5.41, 5.74) is 0.861. The summed E-state index contributed by atoms with van der Waals surface area (Å²) in [6.45, 7) is 3.31. The maximum Gasteiger partial charge on any atom is 0.0719 e. The highest BCUT2D eigenvalue weighted by Gasteiger charge is 2.18. The normalized spacial score (nSPS) is 24.0. The molecule has 1 N–H and O–H groups in total. The van der Waals surface area contributed by atoms with E-state index >= 15 is 0 Å². The molecular formula is C14H18BrCl2N. The summed E-state index contributed by atoms with van der Waals surface area (Å²) in [5, 5.41) is 4.77. The van der Waals surface area contributed by atoms with Crippen LogP contribution in [0.5, 0.6) is 0 Å². The van der Waals surface area contributed by atoms with Gasteiger partial charge >= 0.3 is 0 Å². The molecule has 0 aromatic heterocycles. The molecule has 1 aromatic rings. The van der Waals surface area contributed by atoms with Gasteiger partial charge < -0.3 is 5.32 Å². The molecule has 0 unspecified atom stereocenters. The fourth-order valence-corrected chi connectivity index (χ4v) is 3.83. The largest absolute Gasteiger partial charge is 0.382 e. The van der Waals surface area contributed by atoms with Crippen molar-refractivity contribution in [3.63, 3.8) is 0 Å². The van der Waals surface area contributed by atoms with E-state index in [9.17, 15) is 0 Å². The van der Waals surface area contributed by atoms with E-state index in [2.05, 4.69) is 28.2 Å². The van der Waals surface area contributed by atoms with E-state index in [1.54, 1.807) is 0 Å². The molecule has 1 aromatic carbocycles. The van der Waals surface area contributed by atoms with Gasteiger partial charge in [0.15, 0.2) is 0 Å². The first kappa shape index (κ1) is 14.5. The number of halogens is 3. The van der Waals surface area contributed by atoms with Gasteiger partial charge in [-0.2, -0.15) is 0 Å². The molecule has 0 aliphatic heterocycles. The molecule has 100 valence electrons. The lowest BCUT2D eigenvalue weighted by molar-refractivity contribution is 0.300. The molecule has 0 atom stereocenters. The highest BCUT2D eigenvalue weighted by molar-refractivity contribution is 9.10. The van der Waals surface area contributed by atoms with Crippen molar-refractivity contribution in [1.29, 1.82) is 0 Å². The molecule has 18 heavy (non-hydrogen) atoms. The summed E-state index contributed by atoms with van der Waals surface area (Å²) >= 11 is 15.8. The van der Waals surface area contributed by atoms with Crippen molar-refractivity contribution in [2.75, 3.05) is 11.9 Å². The van der Waals surface area contributed by atoms with Crippen LogP contribution in [0, 0.1) is 11.8 Å². The third-order valence-electron chi connectivity index (χ3n) is 3.71.